The molecule has 1 fully saturated rings. The summed E-state index contributed by atoms with van der Waals surface area (Å²) in [6.45, 7) is 13.5. The molecule has 2 aromatic rings. The van der Waals surface area contributed by atoms with Gasteiger partial charge in [-0.1, -0.05) is 32.4 Å². The van der Waals surface area contributed by atoms with Crippen LogP contribution in [0.2, 0.25) is 23.3 Å². The fourth-order valence-corrected chi connectivity index (χ4v) is 5.57. The normalized spacial score (nSPS) is 21.9. The van der Waals surface area contributed by atoms with Crippen LogP contribution in [0, 0.1) is 17.2 Å². The van der Waals surface area contributed by atoms with Crippen molar-refractivity contribution < 1.29 is 4.43 Å². The first kappa shape index (κ1) is 22.3. The highest BCUT2D eigenvalue weighted by atomic mass is 35.5. The minimum atomic E-state index is -1.94. The van der Waals surface area contributed by atoms with Gasteiger partial charge in [-0.25, -0.2) is 9.97 Å². The molecular weight excluding hydrogens is 400 g/mol. The standard InChI is InChI=1S/C22H33ClN4OSi/c1-15(28-29(5,6)22(2,3)4)21-26-18-14-25-20(23)13-19(18)27(21)17-9-7-16(8-10-17)11-12-24/h13-17H,7-11H2,1-6H3. The lowest BCUT2D eigenvalue weighted by Crippen LogP contribution is -2.41. The maximum atomic E-state index is 9.03. The van der Waals surface area contributed by atoms with Crippen LogP contribution < -0.4 is 0 Å². The molecule has 0 bridgehead atoms. The van der Waals surface area contributed by atoms with Crippen LogP contribution in [0.5, 0.6) is 0 Å². The quantitative estimate of drug-likeness (QED) is 0.384. The lowest BCUT2D eigenvalue weighted by molar-refractivity contribution is 0.180. The van der Waals surface area contributed by atoms with E-state index in [0.29, 0.717) is 23.5 Å². The van der Waals surface area contributed by atoms with Crippen molar-refractivity contribution in [1.29, 1.82) is 5.26 Å². The number of hydrogen-bond acceptors (Lipinski definition) is 4. The van der Waals surface area contributed by atoms with Gasteiger partial charge in [0.2, 0.25) is 0 Å². The van der Waals surface area contributed by atoms with Crippen molar-refractivity contribution in [3.63, 3.8) is 0 Å². The summed E-state index contributed by atoms with van der Waals surface area (Å²) in [5.74, 6) is 1.48. The Hall–Kier alpha value is -1.42. The first-order chi connectivity index (χ1) is 13.5. The number of hydrogen-bond donors (Lipinski definition) is 0. The monoisotopic (exact) mass is 432 g/mol. The number of imidazole rings is 1. The maximum absolute atomic E-state index is 9.03. The topological polar surface area (TPSA) is 63.7 Å². The van der Waals surface area contributed by atoms with Gasteiger partial charge in [0.25, 0.3) is 0 Å². The summed E-state index contributed by atoms with van der Waals surface area (Å²) in [5.41, 5.74) is 1.91. The minimum absolute atomic E-state index is 0.0982. The highest BCUT2D eigenvalue weighted by molar-refractivity contribution is 6.74. The van der Waals surface area contributed by atoms with Crippen molar-refractivity contribution in [2.45, 2.75) is 90.1 Å². The second kappa shape index (κ2) is 8.37. The van der Waals surface area contributed by atoms with Gasteiger partial charge in [-0.3, -0.25) is 0 Å². The van der Waals surface area contributed by atoms with Crippen LogP contribution in [0.4, 0.5) is 0 Å². The maximum Gasteiger partial charge on any atom is 0.193 e. The number of nitrogens with zero attached hydrogens (tertiary/aromatic N) is 4. The molecule has 3 rings (SSSR count). The molecule has 0 aromatic carbocycles. The fourth-order valence-electron chi connectivity index (χ4n) is 4.07. The highest BCUT2D eigenvalue weighted by Gasteiger charge is 2.40. The van der Waals surface area contributed by atoms with Gasteiger partial charge < -0.3 is 8.99 Å². The van der Waals surface area contributed by atoms with Gasteiger partial charge >= 0.3 is 0 Å². The third-order valence-electron chi connectivity index (χ3n) is 6.77. The van der Waals surface area contributed by atoms with E-state index in [1.165, 1.54) is 0 Å². The van der Waals surface area contributed by atoms with E-state index in [0.717, 1.165) is 42.5 Å². The van der Waals surface area contributed by atoms with E-state index < -0.39 is 8.32 Å². The Morgan fingerprint density at radius 3 is 2.55 bits per heavy atom. The Labute approximate surface area is 180 Å². The van der Waals surface area contributed by atoms with Crippen LogP contribution in [0.25, 0.3) is 11.0 Å². The summed E-state index contributed by atoms with van der Waals surface area (Å²) in [6, 6.07) is 4.61. The Kier molecular flexibility index (Phi) is 6.43. The third-order valence-corrected chi connectivity index (χ3v) is 11.5. The van der Waals surface area contributed by atoms with E-state index in [4.69, 9.17) is 26.3 Å². The second-order valence-corrected chi connectivity index (χ2v) is 15.0. The molecule has 0 aliphatic heterocycles. The lowest BCUT2D eigenvalue weighted by atomic mass is 9.84. The van der Waals surface area contributed by atoms with Gasteiger partial charge in [0.1, 0.15) is 22.6 Å². The summed E-state index contributed by atoms with van der Waals surface area (Å²) in [4.78, 5) is 9.18. The predicted octanol–water partition coefficient (Wildman–Crippen LogP) is 6.81. The Morgan fingerprint density at radius 2 is 1.97 bits per heavy atom. The van der Waals surface area contributed by atoms with E-state index in [1.54, 1.807) is 6.20 Å². The van der Waals surface area contributed by atoms with Crippen molar-refractivity contribution in [2.75, 3.05) is 0 Å². The average molecular weight is 433 g/mol. The molecule has 158 valence electrons. The van der Waals surface area contributed by atoms with Crippen molar-refractivity contribution in [2.24, 2.45) is 5.92 Å². The zero-order chi connectivity index (χ0) is 21.4. The van der Waals surface area contributed by atoms with Crippen molar-refractivity contribution in [3.05, 3.63) is 23.2 Å². The Balaban J connectivity index is 1.97. The number of nitriles is 1. The zero-order valence-corrected chi connectivity index (χ0v) is 20.3. The largest absolute Gasteiger partial charge is 0.407 e. The molecule has 29 heavy (non-hydrogen) atoms. The smallest absolute Gasteiger partial charge is 0.193 e. The summed E-state index contributed by atoms with van der Waals surface area (Å²) in [7, 11) is -1.94. The second-order valence-electron chi connectivity index (χ2n) is 9.89. The molecule has 1 aliphatic rings. The van der Waals surface area contributed by atoms with E-state index in [9.17, 15) is 0 Å². The van der Waals surface area contributed by atoms with Gasteiger partial charge in [0.15, 0.2) is 8.32 Å². The van der Waals surface area contributed by atoms with Crippen LogP contribution in [-0.2, 0) is 4.43 Å². The molecule has 7 heteroatoms. The van der Waals surface area contributed by atoms with Crippen molar-refractivity contribution in [3.8, 4) is 6.07 Å². The van der Waals surface area contributed by atoms with Gasteiger partial charge in [0.05, 0.1) is 17.8 Å². The van der Waals surface area contributed by atoms with Gasteiger partial charge in [-0.05, 0) is 56.7 Å². The van der Waals surface area contributed by atoms with Gasteiger partial charge in [0, 0.05) is 18.5 Å². The summed E-state index contributed by atoms with van der Waals surface area (Å²) in [6.07, 6.45) is 6.58. The summed E-state index contributed by atoms with van der Waals surface area (Å²) in [5, 5.41) is 9.66. The predicted molar refractivity (Wildman–Crippen MR) is 120 cm³/mol. The van der Waals surface area contributed by atoms with Crippen LogP contribution in [0.3, 0.4) is 0 Å². The molecule has 1 aliphatic carbocycles. The molecule has 2 heterocycles. The van der Waals surface area contributed by atoms with Crippen molar-refractivity contribution >= 4 is 31.0 Å². The molecule has 0 radical (unpaired) electrons. The van der Waals surface area contributed by atoms with Crippen LogP contribution >= 0.6 is 11.6 Å². The van der Waals surface area contributed by atoms with E-state index in [-0.39, 0.29) is 11.1 Å². The molecule has 1 atom stereocenters. The first-order valence-electron chi connectivity index (χ1n) is 10.6. The van der Waals surface area contributed by atoms with E-state index in [2.05, 4.69) is 56.4 Å². The molecular formula is C22H33ClN4OSi. The Bertz CT molecular complexity index is 904. The van der Waals surface area contributed by atoms with Crippen LogP contribution in [-0.4, -0.2) is 22.9 Å². The first-order valence-corrected chi connectivity index (χ1v) is 13.9. The van der Waals surface area contributed by atoms with E-state index >= 15 is 0 Å². The average Bonchev–Trinajstić information content (AvgIpc) is 3.00. The number of pyridine rings is 1. The molecule has 0 saturated heterocycles. The van der Waals surface area contributed by atoms with E-state index in [1.807, 2.05) is 6.07 Å². The number of aromatic nitrogens is 3. The lowest BCUT2D eigenvalue weighted by Gasteiger charge is -2.39. The van der Waals surface area contributed by atoms with Crippen LogP contribution in [0.15, 0.2) is 12.3 Å². The molecule has 1 unspecified atom stereocenters. The third kappa shape index (κ3) is 4.68. The fraction of sp³-hybridized carbons (Fsp3) is 0.682. The molecule has 2 aromatic heterocycles. The molecule has 0 N–H and O–H groups in total. The zero-order valence-electron chi connectivity index (χ0n) is 18.5. The molecule has 0 amide bonds. The van der Waals surface area contributed by atoms with Gasteiger partial charge in [-0.15, -0.1) is 0 Å². The number of halogens is 1. The van der Waals surface area contributed by atoms with Crippen molar-refractivity contribution in [1.82, 2.24) is 14.5 Å². The summed E-state index contributed by atoms with van der Waals surface area (Å²) >= 11 is 6.24. The van der Waals surface area contributed by atoms with Gasteiger partial charge in [-0.2, -0.15) is 5.26 Å². The molecule has 0 spiro atoms. The number of fused-ring (bicyclic) bond motifs is 1. The summed E-state index contributed by atoms with van der Waals surface area (Å²) < 4.78 is 9.05. The Morgan fingerprint density at radius 1 is 1.31 bits per heavy atom. The molecule has 1 saturated carbocycles. The number of rotatable bonds is 5. The SMILES string of the molecule is CC(O[Si](C)(C)C(C)(C)C)c1nc2cnc(Cl)cc2n1C1CCC(CC#N)CC1. The highest BCUT2D eigenvalue weighted by Crippen LogP contribution is 2.42. The minimum Gasteiger partial charge on any atom is -0.407 e. The molecule has 5 nitrogen and oxygen atoms in total. The van der Waals surface area contributed by atoms with Crippen LogP contribution in [0.1, 0.15) is 77.8 Å².